The SMILES string of the molecule is CCC(C)c1ccc(C(C)CC(CC)c2ccc(OCCCCN(C)C)cc2)cc1. The van der Waals surface area contributed by atoms with Crippen molar-refractivity contribution in [1.82, 2.24) is 4.90 Å². The molecule has 0 aliphatic heterocycles. The van der Waals surface area contributed by atoms with Gasteiger partial charge < -0.3 is 9.64 Å². The maximum Gasteiger partial charge on any atom is 0.119 e. The van der Waals surface area contributed by atoms with Gasteiger partial charge in [-0.25, -0.2) is 0 Å². The molecule has 0 heterocycles. The summed E-state index contributed by atoms with van der Waals surface area (Å²) in [5.41, 5.74) is 4.34. The lowest BCUT2D eigenvalue weighted by Gasteiger charge is -2.21. The number of hydrogen-bond donors (Lipinski definition) is 0. The van der Waals surface area contributed by atoms with Crippen molar-refractivity contribution in [2.24, 2.45) is 0 Å². The van der Waals surface area contributed by atoms with Crippen molar-refractivity contribution in [2.75, 3.05) is 27.2 Å². The molecule has 2 aromatic rings. The summed E-state index contributed by atoms with van der Waals surface area (Å²) >= 11 is 0. The minimum atomic E-state index is 0.563. The first kappa shape index (κ1) is 24.5. The third kappa shape index (κ3) is 7.80. The van der Waals surface area contributed by atoms with E-state index < -0.39 is 0 Å². The summed E-state index contributed by atoms with van der Waals surface area (Å²) in [7, 11) is 4.24. The van der Waals surface area contributed by atoms with Crippen molar-refractivity contribution >= 4 is 0 Å². The molecule has 30 heavy (non-hydrogen) atoms. The predicted octanol–water partition coefficient (Wildman–Crippen LogP) is 7.61. The highest BCUT2D eigenvalue weighted by molar-refractivity contribution is 5.31. The zero-order valence-electron chi connectivity index (χ0n) is 20.2. The maximum atomic E-state index is 5.93. The molecule has 0 saturated carbocycles. The molecule has 0 aliphatic carbocycles. The molecule has 0 aliphatic rings. The van der Waals surface area contributed by atoms with Gasteiger partial charge in [0.2, 0.25) is 0 Å². The number of ether oxygens (including phenoxy) is 1. The van der Waals surface area contributed by atoms with E-state index >= 15 is 0 Å². The second-order valence-corrected chi connectivity index (χ2v) is 9.15. The lowest BCUT2D eigenvalue weighted by molar-refractivity contribution is 0.293. The lowest BCUT2D eigenvalue weighted by Crippen LogP contribution is -2.13. The number of nitrogens with zero attached hydrogens (tertiary/aromatic N) is 1. The first-order valence-corrected chi connectivity index (χ1v) is 11.9. The van der Waals surface area contributed by atoms with Crippen LogP contribution in [0.3, 0.4) is 0 Å². The van der Waals surface area contributed by atoms with Crippen LogP contribution >= 0.6 is 0 Å². The molecule has 2 nitrogen and oxygen atoms in total. The summed E-state index contributed by atoms with van der Waals surface area (Å²) in [5, 5.41) is 0. The van der Waals surface area contributed by atoms with Gasteiger partial charge in [-0.3, -0.25) is 0 Å². The van der Waals surface area contributed by atoms with Crippen LogP contribution in [0.25, 0.3) is 0 Å². The van der Waals surface area contributed by atoms with E-state index in [1.165, 1.54) is 42.4 Å². The van der Waals surface area contributed by atoms with Gasteiger partial charge in [0.25, 0.3) is 0 Å². The molecule has 3 atom stereocenters. The third-order valence-corrected chi connectivity index (χ3v) is 6.44. The molecule has 3 unspecified atom stereocenters. The lowest BCUT2D eigenvalue weighted by atomic mass is 9.84. The Balaban J connectivity index is 1.89. The van der Waals surface area contributed by atoms with E-state index in [4.69, 9.17) is 4.74 Å². The molecule has 2 rings (SSSR count). The Bertz CT molecular complexity index is 704. The van der Waals surface area contributed by atoms with E-state index in [9.17, 15) is 0 Å². The van der Waals surface area contributed by atoms with E-state index in [0.717, 1.165) is 25.3 Å². The molecule has 0 bridgehead atoms. The van der Waals surface area contributed by atoms with Gasteiger partial charge in [0.1, 0.15) is 5.75 Å². The molecule has 0 amide bonds. The molecule has 2 heteroatoms. The van der Waals surface area contributed by atoms with Crippen LogP contribution in [0.2, 0.25) is 0 Å². The minimum Gasteiger partial charge on any atom is -0.494 e. The third-order valence-electron chi connectivity index (χ3n) is 6.44. The number of unbranched alkanes of at least 4 members (excludes halogenated alkanes) is 1. The fourth-order valence-corrected chi connectivity index (χ4v) is 4.05. The zero-order valence-corrected chi connectivity index (χ0v) is 20.2. The molecule has 0 spiro atoms. The molecular weight excluding hydrogens is 366 g/mol. The quantitative estimate of drug-likeness (QED) is 0.316. The molecule has 0 saturated heterocycles. The zero-order chi connectivity index (χ0) is 21.9. The van der Waals surface area contributed by atoms with Gasteiger partial charge in [0.05, 0.1) is 6.61 Å². The first-order chi connectivity index (χ1) is 14.4. The Morgan fingerprint density at radius 1 is 0.733 bits per heavy atom. The molecule has 0 N–H and O–H groups in total. The number of rotatable bonds is 13. The van der Waals surface area contributed by atoms with Crippen LogP contribution < -0.4 is 4.74 Å². The van der Waals surface area contributed by atoms with Crippen molar-refractivity contribution in [3.63, 3.8) is 0 Å². The van der Waals surface area contributed by atoms with Crippen LogP contribution in [-0.4, -0.2) is 32.1 Å². The monoisotopic (exact) mass is 409 g/mol. The normalized spacial score (nSPS) is 14.5. The van der Waals surface area contributed by atoms with E-state index in [0.29, 0.717) is 17.8 Å². The van der Waals surface area contributed by atoms with Crippen LogP contribution in [0, 0.1) is 0 Å². The second-order valence-electron chi connectivity index (χ2n) is 9.15. The van der Waals surface area contributed by atoms with Gasteiger partial charge in [-0.05, 0) is 99.3 Å². The average molecular weight is 410 g/mol. The summed E-state index contributed by atoms with van der Waals surface area (Å²) in [6, 6.07) is 18.2. The number of hydrogen-bond acceptors (Lipinski definition) is 2. The van der Waals surface area contributed by atoms with Crippen LogP contribution in [0.4, 0.5) is 0 Å². The number of benzene rings is 2. The maximum absolute atomic E-state index is 5.93. The highest BCUT2D eigenvalue weighted by Crippen LogP contribution is 2.33. The Morgan fingerprint density at radius 2 is 1.30 bits per heavy atom. The predicted molar refractivity (Wildman–Crippen MR) is 131 cm³/mol. The van der Waals surface area contributed by atoms with Crippen LogP contribution in [-0.2, 0) is 0 Å². The van der Waals surface area contributed by atoms with Crippen LogP contribution in [0.1, 0.15) is 94.2 Å². The van der Waals surface area contributed by atoms with Crippen LogP contribution in [0.5, 0.6) is 5.75 Å². The topological polar surface area (TPSA) is 12.5 Å². The molecule has 0 radical (unpaired) electrons. The van der Waals surface area contributed by atoms with E-state index in [-0.39, 0.29) is 0 Å². The van der Waals surface area contributed by atoms with Crippen molar-refractivity contribution in [3.8, 4) is 5.75 Å². The standard InChI is InChI=1S/C28H43NO/c1-7-22(3)25-11-13-26(14-12-25)23(4)21-24(8-2)27-15-17-28(18-16-27)30-20-10-9-19-29(5)6/h11-18,22-24H,7-10,19-21H2,1-6H3. The summed E-state index contributed by atoms with van der Waals surface area (Å²) in [6.07, 6.45) is 5.83. The Kier molecular flexibility index (Phi) is 10.4. The van der Waals surface area contributed by atoms with Crippen molar-refractivity contribution in [3.05, 3.63) is 65.2 Å². The summed E-state index contributed by atoms with van der Waals surface area (Å²) in [5.74, 6) is 2.79. The molecular formula is C28H43NO. The van der Waals surface area contributed by atoms with Gasteiger partial charge in [-0.15, -0.1) is 0 Å². The average Bonchev–Trinajstić information content (AvgIpc) is 2.77. The Hall–Kier alpha value is -1.80. The summed E-state index contributed by atoms with van der Waals surface area (Å²) in [4.78, 5) is 2.22. The van der Waals surface area contributed by atoms with E-state index in [1.807, 2.05) is 0 Å². The van der Waals surface area contributed by atoms with Gasteiger partial charge in [0, 0.05) is 0 Å². The van der Waals surface area contributed by atoms with Crippen LogP contribution in [0.15, 0.2) is 48.5 Å². The highest BCUT2D eigenvalue weighted by atomic mass is 16.5. The van der Waals surface area contributed by atoms with E-state index in [2.05, 4.69) is 95.2 Å². The minimum absolute atomic E-state index is 0.563. The van der Waals surface area contributed by atoms with E-state index in [1.54, 1.807) is 0 Å². The largest absolute Gasteiger partial charge is 0.494 e. The Morgan fingerprint density at radius 3 is 1.83 bits per heavy atom. The fraction of sp³-hybridized carbons (Fsp3) is 0.571. The Labute approximate surface area is 185 Å². The molecule has 166 valence electrons. The van der Waals surface area contributed by atoms with Gasteiger partial charge in [0.15, 0.2) is 0 Å². The summed E-state index contributed by atoms with van der Waals surface area (Å²) in [6.45, 7) is 11.2. The first-order valence-electron chi connectivity index (χ1n) is 11.9. The second kappa shape index (κ2) is 12.8. The van der Waals surface area contributed by atoms with Gasteiger partial charge in [-0.2, -0.15) is 0 Å². The molecule has 0 fully saturated rings. The van der Waals surface area contributed by atoms with Gasteiger partial charge >= 0.3 is 0 Å². The smallest absolute Gasteiger partial charge is 0.119 e. The van der Waals surface area contributed by atoms with Crippen molar-refractivity contribution < 1.29 is 4.74 Å². The summed E-state index contributed by atoms with van der Waals surface area (Å²) < 4.78 is 5.93. The van der Waals surface area contributed by atoms with Crippen molar-refractivity contribution in [1.29, 1.82) is 0 Å². The van der Waals surface area contributed by atoms with Gasteiger partial charge in [-0.1, -0.05) is 64.1 Å². The highest BCUT2D eigenvalue weighted by Gasteiger charge is 2.16. The molecule has 0 aromatic heterocycles. The molecule has 2 aromatic carbocycles. The fourth-order valence-electron chi connectivity index (χ4n) is 4.05. The van der Waals surface area contributed by atoms with Crippen molar-refractivity contribution in [2.45, 2.75) is 77.6 Å².